The van der Waals surface area contributed by atoms with Crippen molar-refractivity contribution in [3.63, 3.8) is 0 Å². The summed E-state index contributed by atoms with van der Waals surface area (Å²) in [6.45, 7) is -0.00147. The molecule has 140 valence electrons. The molecule has 0 aliphatic carbocycles. The number of aromatic nitrogens is 1. The van der Waals surface area contributed by atoms with Crippen molar-refractivity contribution in [2.45, 2.75) is 12.7 Å². The van der Waals surface area contributed by atoms with Gasteiger partial charge < -0.3 is 10.1 Å². The minimum Gasteiger partial charge on any atom is -0.497 e. The van der Waals surface area contributed by atoms with Crippen LogP contribution in [0.5, 0.6) is 5.75 Å². The van der Waals surface area contributed by atoms with Crippen molar-refractivity contribution < 1.29 is 22.7 Å². The Balaban J connectivity index is 1.66. The Morgan fingerprint density at radius 2 is 1.93 bits per heavy atom. The van der Waals surface area contributed by atoms with Crippen molar-refractivity contribution in [1.29, 1.82) is 0 Å². The van der Waals surface area contributed by atoms with Gasteiger partial charge in [-0.05, 0) is 42.0 Å². The molecule has 27 heavy (non-hydrogen) atoms. The van der Waals surface area contributed by atoms with E-state index in [1.54, 1.807) is 19.2 Å². The smallest absolute Gasteiger partial charge is 0.416 e. The highest BCUT2D eigenvalue weighted by Crippen LogP contribution is 2.30. The topological polar surface area (TPSA) is 51.2 Å². The van der Waals surface area contributed by atoms with Crippen LogP contribution in [0, 0.1) is 0 Å². The van der Waals surface area contributed by atoms with Crippen LogP contribution in [-0.4, -0.2) is 18.0 Å². The van der Waals surface area contributed by atoms with Crippen molar-refractivity contribution in [2.75, 3.05) is 7.11 Å². The van der Waals surface area contributed by atoms with Gasteiger partial charge in [-0.25, -0.2) is 4.98 Å². The molecule has 3 aromatic rings. The molecule has 0 radical (unpaired) electrons. The zero-order valence-corrected chi connectivity index (χ0v) is 15.0. The number of thiazole rings is 1. The summed E-state index contributed by atoms with van der Waals surface area (Å²) >= 11 is 1.21. The Morgan fingerprint density at radius 1 is 1.19 bits per heavy atom. The number of ether oxygens (including phenoxy) is 1. The summed E-state index contributed by atoms with van der Waals surface area (Å²) in [7, 11) is 1.57. The quantitative estimate of drug-likeness (QED) is 0.681. The number of nitrogens with zero attached hydrogens (tertiary/aromatic N) is 1. The molecule has 0 aliphatic rings. The molecule has 0 atom stereocenters. The van der Waals surface area contributed by atoms with Gasteiger partial charge in [0.15, 0.2) is 0 Å². The molecule has 4 nitrogen and oxygen atoms in total. The Bertz CT molecular complexity index is 937. The highest BCUT2D eigenvalue weighted by molar-refractivity contribution is 7.16. The van der Waals surface area contributed by atoms with Crippen LogP contribution in [0.2, 0.25) is 0 Å². The van der Waals surface area contributed by atoms with Gasteiger partial charge in [-0.2, -0.15) is 13.2 Å². The molecule has 8 heteroatoms. The number of carbonyl (C=O) groups excluding carboxylic acids is 1. The number of alkyl halides is 3. The van der Waals surface area contributed by atoms with Crippen LogP contribution in [0.25, 0.3) is 10.6 Å². The average Bonchev–Trinajstić information content (AvgIpc) is 3.16. The second-order valence-corrected chi connectivity index (χ2v) is 6.67. The highest BCUT2D eigenvalue weighted by atomic mass is 32.1. The molecule has 0 spiro atoms. The number of nitrogens with one attached hydrogen (secondary N) is 1. The minimum absolute atomic E-state index is 0.00147. The summed E-state index contributed by atoms with van der Waals surface area (Å²) in [6, 6.07) is 12.1. The molecule has 1 aromatic heterocycles. The van der Waals surface area contributed by atoms with Crippen molar-refractivity contribution in [3.05, 3.63) is 70.7 Å². The number of halogens is 3. The third-order valence-electron chi connectivity index (χ3n) is 3.77. The lowest BCUT2D eigenvalue weighted by molar-refractivity contribution is -0.137. The summed E-state index contributed by atoms with van der Waals surface area (Å²) in [5, 5.41) is 3.29. The Morgan fingerprint density at radius 3 is 2.59 bits per heavy atom. The summed E-state index contributed by atoms with van der Waals surface area (Å²) < 4.78 is 43.3. The van der Waals surface area contributed by atoms with Crippen LogP contribution in [-0.2, 0) is 12.7 Å². The fourth-order valence-electron chi connectivity index (χ4n) is 2.37. The van der Waals surface area contributed by atoms with Gasteiger partial charge in [0.05, 0.1) is 18.9 Å². The first-order valence-corrected chi connectivity index (χ1v) is 8.73. The molecule has 0 unspecified atom stereocenters. The minimum atomic E-state index is -4.41. The van der Waals surface area contributed by atoms with Crippen LogP contribution < -0.4 is 10.1 Å². The van der Waals surface area contributed by atoms with Crippen LogP contribution in [0.3, 0.4) is 0 Å². The average molecular weight is 392 g/mol. The molecule has 1 heterocycles. The molecule has 0 aliphatic heterocycles. The number of hydrogen-bond donors (Lipinski definition) is 1. The standard InChI is InChI=1S/C19H15F3N2O2S/c1-26-15-7-5-13(6-8-15)18-24-11-16(27-18)17(25)23-10-12-3-2-4-14(9-12)19(20,21)22/h2-9,11H,10H2,1H3,(H,23,25). The third-order valence-corrected chi connectivity index (χ3v) is 4.82. The van der Waals surface area contributed by atoms with E-state index in [1.807, 2.05) is 12.1 Å². The maximum absolute atomic E-state index is 12.7. The first kappa shape index (κ1) is 18.9. The van der Waals surface area contributed by atoms with E-state index in [9.17, 15) is 18.0 Å². The number of methoxy groups -OCH3 is 1. The first-order chi connectivity index (χ1) is 12.9. The monoisotopic (exact) mass is 392 g/mol. The van der Waals surface area contributed by atoms with E-state index in [4.69, 9.17) is 4.74 Å². The predicted molar refractivity (Wildman–Crippen MR) is 96.7 cm³/mol. The molecule has 1 N–H and O–H groups in total. The zero-order chi connectivity index (χ0) is 19.4. The van der Waals surface area contributed by atoms with E-state index in [0.29, 0.717) is 21.2 Å². The Kier molecular flexibility index (Phi) is 5.46. The lowest BCUT2D eigenvalue weighted by Gasteiger charge is -2.09. The number of carbonyl (C=O) groups is 1. The summed E-state index contributed by atoms with van der Waals surface area (Å²) in [5.74, 6) is 0.332. The van der Waals surface area contributed by atoms with E-state index in [2.05, 4.69) is 10.3 Å². The van der Waals surface area contributed by atoms with Gasteiger partial charge in [0.2, 0.25) is 0 Å². The Hall–Kier alpha value is -2.87. The van der Waals surface area contributed by atoms with Gasteiger partial charge in [-0.3, -0.25) is 4.79 Å². The number of hydrogen-bond acceptors (Lipinski definition) is 4. The summed E-state index contributed by atoms with van der Waals surface area (Å²) in [4.78, 5) is 16.9. The zero-order valence-electron chi connectivity index (χ0n) is 14.2. The van der Waals surface area contributed by atoms with E-state index in [1.165, 1.54) is 29.7 Å². The van der Waals surface area contributed by atoms with Crippen LogP contribution in [0.1, 0.15) is 20.8 Å². The van der Waals surface area contributed by atoms with E-state index < -0.39 is 11.7 Å². The van der Waals surface area contributed by atoms with Crippen LogP contribution in [0.4, 0.5) is 13.2 Å². The number of rotatable bonds is 5. The lowest BCUT2D eigenvalue weighted by Crippen LogP contribution is -2.22. The largest absolute Gasteiger partial charge is 0.497 e. The van der Waals surface area contributed by atoms with Crippen molar-refractivity contribution in [3.8, 4) is 16.3 Å². The van der Waals surface area contributed by atoms with Crippen molar-refractivity contribution >= 4 is 17.2 Å². The molecule has 1 amide bonds. The molecule has 2 aromatic carbocycles. The number of benzene rings is 2. The van der Waals surface area contributed by atoms with Gasteiger partial charge >= 0.3 is 6.18 Å². The maximum atomic E-state index is 12.7. The van der Waals surface area contributed by atoms with Crippen LogP contribution >= 0.6 is 11.3 Å². The summed E-state index contributed by atoms with van der Waals surface area (Å²) in [6.07, 6.45) is -2.96. The van der Waals surface area contributed by atoms with Crippen molar-refractivity contribution in [2.24, 2.45) is 0 Å². The van der Waals surface area contributed by atoms with Gasteiger partial charge in [0.25, 0.3) is 5.91 Å². The van der Waals surface area contributed by atoms with Gasteiger partial charge in [-0.1, -0.05) is 12.1 Å². The van der Waals surface area contributed by atoms with E-state index in [0.717, 1.165) is 17.7 Å². The van der Waals surface area contributed by atoms with Gasteiger partial charge in [0, 0.05) is 12.1 Å². The van der Waals surface area contributed by atoms with E-state index in [-0.39, 0.29) is 12.5 Å². The van der Waals surface area contributed by atoms with Crippen molar-refractivity contribution in [1.82, 2.24) is 10.3 Å². The van der Waals surface area contributed by atoms with Crippen LogP contribution in [0.15, 0.2) is 54.7 Å². The fourth-order valence-corrected chi connectivity index (χ4v) is 3.21. The molecular weight excluding hydrogens is 377 g/mol. The highest BCUT2D eigenvalue weighted by Gasteiger charge is 2.30. The number of amides is 1. The molecule has 0 saturated heterocycles. The first-order valence-electron chi connectivity index (χ1n) is 7.91. The predicted octanol–water partition coefficient (Wildman–Crippen LogP) is 4.77. The SMILES string of the molecule is COc1ccc(-c2ncc(C(=O)NCc3cccc(C(F)(F)F)c3)s2)cc1. The normalized spacial score (nSPS) is 11.3. The fraction of sp³-hybridized carbons (Fsp3) is 0.158. The van der Waals surface area contributed by atoms with Gasteiger partial charge in [-0.15, -0.1) is 11.3 Å². The molecule has 0 saturated carbocycles. The molecule has 0 bridgehead atoms. The second kappa shape index (κ2) is 7.79. The maximum Gasteiger partial charge on any atom is 0.416 e. The second-order valence-electron chi connectivity index (χ2n) is 5.64. The third kappa shape index (κ3) is 4.65. The molecular formula is C19H15F3N2O2S. The van der Waals surface area contributed by atoms with E-state index >= 15 is 0 Å². The molecule has 0 fully saturated rings. The molecule has 3 rings (SSSR count). The summed E-state index contributed by atoms with van der Waals surface area (Å²) in [5.41, 5.74) is 0.477. The lowest BCUT2D eigenvalue weighted by atomic mass is 10.1. The Labute approximate surface area is 157 Å². The van der Waals surface area contributed by atoms with Gasteiger partial charge in [0.1, 0.15) is 15.6 Å².